The highest BCUT2D eigenvalue weighted by Crippen LogP contribution is 2.28. The van der Waals surface area contributed by atoms with E-state index in [9.17, 15) is 4.79 Å². The van der Waals surface area contributed by atoms with Crippen molar-refractivity contribution in [1.82, 2.24) is 14.8 Å². The minimum atomic E-state index is 0.0491. The number of nitrogens with one attached hydrogen (secondary N) is 1. The second-order valence-corrected chi connectivity index (χ2v) is 8.02. The number of para-hydroxylation sites is 1. The summed E-state index contributed by atoms with van der Waals surface area (Å²) in [7, 11) is 0. The highest BCUT2D eigenvalue weighted by Gasteiger charge is 2.20. The Hall–Kier alpha value is -2.76. The zero-order valence-corrected chi connectivity index (χ0v) is 17.9. The van der Waals surface area contributed by atoms with Crippen molar-refractivity contribution < 1.29 is 4.79 Å². The number of carbonyl (C=O) groups excluding carboxylic acids is 1. The van der Waals surface area contributed by atoms with Crippen molar-refractivity contribution in [2.45, 2.75) is 26.8 Å². The maximum absolute atomic E-state index is 12.9. The van der Waals surface area contributed by atoms with E-state index in [4.69, 9.17) is 4.98 Å². The van der Waals surface area contributed by atoms with Gasteiger partial charge in [0.2, 0.25) is 5.91 Å². The molecule has 4 rings (SSSR count). The van der Waals surface area contributed by atoms with Gasteiger partial charge in [-0.1, -0.05) is 55.5 Å². The highest BCUT2D eigenvalue weighted by molar-refractivity contribution is 6.03. The molecule has 5 nitrogen and oxygen atoms in total. The molecule has 0 spiro atoms. The first-order valence-electron chi connectivity index (χ1n) is 10.8. The van der Waals surface area contributed by atoms with E-state index in [0.717, 1.165) is 67.0 Å². The fraction of sp³-hybridized carbons (Fsp3) is 0.360. The third kappa shape index (κ3) is 4.69. The average molecular weight is 403 g/mol. The molecule has 156 valence electrons. The molecule has 2 aromatic carbocycles. The molecule has 0 bridgehead atoms. The maximum atomic E-state index is 12.9. The molecule has 1 fully saturated rings. The molecular formula is C25H30N4O. The van der Waals surface area contributed by atoms with E-state index in [1.165, 1.54) is 5.56 Å². The summed E-state index contributed by atoms with van der Waals surface area (Å²) < 4.78 is 0. The predicted octanol–water partition coefficient (Wildman–Crippen LogP) is 3.86. The van der Waals surface area contributed by atoms with Gasteiger partial charge in [-0.25, -0.2) is 0 Å². The minimum absolute atomic E-state index is 0.0491. The lowest BCUT2D eigenvalue weighted by atomic mass is 10.1. The van der Waals surface area contributed by atoms with E-state index >= 15 is 0 Å². The Labute approximate surface area is 178 Å². The molecule has 3 aromatic rings. The topological polar surface area (TPSA) is 48.5 Å². The van der Waals surface area contributed by atoms with E-state index < -0.39 is 0 Å². The van der Waals surface area contributed by atoms with E-state index in [2.05, 4.69) is 59.3 Å². The van der Waals surface area contributed by atoms with Crippen molar-refractivity contribution in [2.24, 2.45) is 0 Å². The Morgan fingerprint density at radius 3 is 2.37 bits per heavy atom. The predicted molar refractivity (Wildman–Crippen MR) is 123 cm³/mol. The summed E-state index contributed by atoms with van der Waals surface area (Å²) in [6.07, 6.45) is 0.850. The molecule has 0 aliphatic carbocycles. The number of benzene rings is 2. The molecule has 1 aromatic heterocycles. The molecule has 0 radical (unpaired) electrons. The van der Waals surface area contributed by atoms with Gasteiger partial charge < -0.3 is 5.32 Å². The largest absolute Gasteiger partial charge is 0.324 e. The number of anilines is 1. The standard InChI is InChI=1S/C25H30N4O/c1-3-22-19(2)25(21-11-7-8-12-23(21)26-22)27-24(30)18-29-15-13-28(14-16-29)17-20-9-5-4-6-10-20/h4-12H,3,13-18H2,1-2H3,(H,26,27,30). The number of hydrogen-bond donors (Lipinski definition) is 1. The summed E-state index contributed by atoms with van der Waals surface area (Å²) in [5.74, 6) is 0.0491. The van der Waals surface area contributed by atoms with Gasteiger partial charge in [0.1, 0.15) is 0 Å². The fourth-order valence-corrected chi connectivity index (χ4v) is 4.19. The van der Waals surface area contributed by atoms with Gasteiger partial charge in [-0.05, 0) is 30.5 Å². The van der Waals surface area contributed by atoms with E-state index in [1.807, 2.05) is 24.3 Å². The van der Waals surface area contributed by atoms with Crippen LogP contribution in [-0.4, -0.2) is 53.4 Å². The van der Waals surface area contributed by atoms with Crippen molar-refractivity contribution in [3.63, 3.8) is 0 Å². The van der Waals surface area contributed by atoms with Crippen LogP contribution in [0, 0.1) is 6.92 Å². The second-order valence-electron chi connectivity index (χ2n) is 8.02. The van der Waals surface area contributed by atoms with E-state index in [-0.39, 0.29) is 5.91 Å². The third-order valence-corrected chi connectivity index (χ3v) is 5.92. The first-order valence-corrected chi connectivity index (χ1v) is 10.8. The smallest absolute Gasteiger partial charge is 0.238 e. The SMILES string of the molecule is CCc1nc2ccccc2c(NC(=O)CN2CCN(Cc3ccccc3)CC2)c1C. The molecule has 0 saturated carbocycles. The van der Waals surface area contributed by atoms with E-state index in [0.29, 0.717) is 6.54 Å². The Bertz CT molecular complexity index is 1010. The molecule has 5 heteroatoms. The van der Waals surface area contributed by atoms with Crippen LogP contribution in [0.15, 0.2) is 54.6 Å². The number of amides is 1. The number of carbonyl (C=O) groups is 1. The molecular weight excluding hydrogens is 372 g/mol. The quantitative estimate of drug-likeness (QED) is 0.680. The normalized spacial score (nSPS) is 15.4. The zero-order valence-electron chi connectivity index (χ0n) is 17.9. The Morgan fingerprint density at radius 1 is 0.967 bits per heavy atom. The summed E-state index contributed by atoms with van der Waals surface area (Å²) in [6, 6.07) is 18.6. The van der Waals surface area contributed by atoms with Gasteiger partial charge in [0.25, 0.3) is 0 Å². The molecule has 0 unspecified atom stereocenters. The van der Waals surface area contributed by atoms with Crippen molar-refractivity contribution in [3.8, 4) is 0 Å². The van der Waals surface area contributed by atoms with E-state index in [1.54, 1.807) is 0 Å². The molecule has 1 aliphatic rings. The van der Waals surface area contributed by atoms with Crippen LogP contribution in [0.25, 0.3) is 10.9 Å². The van der Waals surface area contributed by atoms with Gasteiger partial charge in [-0.15, -0.1) is 0 Å². The van der Waals surface area contributed by atoms with Crippen LogP contribution in [0.1, 0.15) is 23.7 Å². The Morgan fingerprint density at radius 2 is 1.63 bits per heavy atom. The van der Waals surface area contributed by atoms with Crippen LogP contribution in [0.2, 0.25) is 0 Å². The molecule has 1 aliphatic heterocycles. The number of pyridine rings is 1. The van der Waals surface area contributed by atoms with Gasteiger partial charge in [0, 0.05) is 43.8 Å². The molecule has 1 amide bonds. The number of nitrogens with zero attached hydrogens (tertiary/aromatic N) is 3. The van der Waals surface area contributed by atoms with Crippen LogP contribution in [0.4, 0.5) is 5.69 Å². The summed E-state index contributed by atoms with van der Waals surface area (Å²) in [5.41, 5.74) is 5.29. The van der Waals surface area contributed by atoms with Crippen molar-refractivity contribution in [1.29, 1.82) is 0 Å². The lowest BCUT2D eigenvalue weighted by Crippen LogP contribution is -2.48. The summed E-state index contributed by atoms with van der Waals surface area (Å²) in [5, 5.41) is 4.20. The van der Waals surface area contributed by atoms with Crippen molar-refractivity contribution in [3.05, 3.63) is 71.4 Å². The summed E-state index contributed by atoms with van der Waals surface area (Å²) in [4.78, 5) is 22.3. The maximum Gasteiger partial charge on any atom is 0.238 e. The number of aryl methyl sites for hydroxylation is 1. The number of fused-ring (bicyclic) bond motifs is 1. The average Bonchev–Trinajstić information content (AvgIpc) is 2.77. The third-order valence-electron chi connectivity index (χ3n) is 5.92. The van der Waals surface area contributed by atoms with Gasteiger partial charge in [-0.3, -0.25) is 19.6 Å². The second kappa shape index (κ2) is 9.37. The molecule has 0 atom stereocenters. The Balaban J connectivity index is 1.37. The van der Waals surface area contributed by atoms with Crippen LogP contribution in [-0.2, 0) is 17.8 Å². The van der Waals surface area contributed by atoms with Gasteiger partial charge >= 0.3 is 0 Å². The monoisotopic (exact) mass is 402 g/mol. The number of aromatic nitrogens is 1. The van der Waals surface area contributed by atoms with Crippen LogP contribution < -0.4 is 5.32 Å². The van der Waals surface area contributed by atoms with Gasteiger partial charge in [0.05, 0.1) is 17.7 Å². The summed E-state index contributed by atoms with van der Waals surface area (Å²) >= 11 is 0. The molecule has 2 heterocycles. The molecule has 1 saturated heterocycles. The highest BCUT2D eigenvalue weighted by atomic mass is 16.2. The Kier molecular flexibility index (Phi) is 6.41. The minimum Gasteiger partial charge on any atom is -0.324 e. The zero-order chi connectivity index (χ0) is 20.9. The number of piperazine rings is 1. The first kappa shape index (κ1) is 20.5. The summed E-state index contributed by atoms with van der Waals surface area (Å²) in [6.45, 7) is 9.35. The van der Waals surface area contributed by atoms with Crippen molar-refractivity contribution >= 4 is 22.5 Å². The fourth-order valence-electron chi connectivity index (χ4n) is 4.19. The lowest BCUT2D eigenvalue weighted by molar-refractivity contribution is -0.117. The van der Waals surface area contributed by atoms with Gasteiger partial charge in [0.15, 0.2) is 0 Å². The first-order chi connectivity index (χ1) is 14.6. The van der Waals surface area contributed by atoms with Crippen molar-refractivity contribution in [2.75, 3.05) is 38.0 Å². The lowest BCUT2D eigenvalue weighted by Gasteiger charge is -2.34. The van der Waals surface area contributed by atoms with Crippen LogP contribution in [0.3, 0.4) is 0 Å². The number of hydrogen-bond acceptors (Lipinski definition) is 4. The number of rotatable bonds is 6. The van der Waals surface area contributed by atoms with Crippen LogP contribution >= 0.6 is 0 Å². The molecule has 30 heavy (non-hydrogen) atoms. The van der Waals surface area contributed by atoms with Gasteiger partial charge in [-0.2, -0.15) is 0 Å². The van der Waals surface area contributed by atoms with Crippen LogP contribution in [0.5, 0.6) is 0 Å². The molecule has 1 N–H and O–H groups in total.